The molecular weight excluding hydrogens is 466 g/mol. The molecule has 1 amide bonds. The molecule has 2 N–H and O–H groups in total. The number of carbonyl (C=O) groups is 1. The van der Waals surface area contributed by atoms with Crippen LogP contribution in [-0.2, 0) is 21.2 Å². The molecule has 182 valence electrons. The van der Waals surface area contributed by atoms with E-state index in [1.165, 1.54) is 12.1 Å². The summed E-state index contributed by atoms with van der Waals surface area (Å²) in [6, 6.07) is 15.9. The Kier molecular flexibility index (Phi) is 5.10. The number of nitrogens with two attached hydrogens (primary N) is 1. The maximum atomic E-state index is 13.5. The first-order valence-corrected chi connectivity index (χ1v) is 13.4. The Morgan fingerprint density at radius 1 is 1.14 bits per heavy atom. The zero-order valence-electron chi connectivity index (χ0n) is 19.4. The molecule has 0 saturated carbocycles. The van der Waals surface area contributed by atoms with E-state index in [-0.39, 0.29) is 28.3 Å². The van der Waals surface area contributed by atoms with Gasteiger partial charge in [0.2, 0.25) is 15.8 Å². The molecule has 3 aromatic rings. The number of nitrogens with zero attached hydrogens (tertiary/aromatic N) is 4. The molecule has 0 spiro atoms. The summed E-state index contributed by atoms with van der Waals surface area (Å²) in [5.74, 6) is 1.27. The van der Waals surface area contributed by atoms with Crippen LogP contribution < -0.4 is 5.14 Å². The van der Waals surface area contributed by atoms with Crippen molar-refractivity contribution < 1.29 is 17.9 Å². The number of hydrogen-bond acceptors (Lipinski definition) is 6. The first kappa shape index (κ1) is 22.4. The molecule has 10 heteroatoms. The van der Waals surface area contributed by atoms with E-state index in [0.717, 1.165) is 18.4 Å². The molecule has 3 aliphatic heterocycles. The Morgan fingerprint density at radius 2 is 1.89 bits per heavy atom. The highest BCUT2D eigenvalue weighted by Crippen LogP contribution is 2.54. The van der Waals surface area contributed by atoms with Gasteiger partial charge in [-0.25, -0.2) is 23.2 Å². The average Bonchev–Trinajstić information content (AvgIpc) is 3.60. The summed E-state index contributed by atoms with van der Waals surface area (Å²) in [5, 5.41) is 9.82. The standard InChI is InChI=1S/C25H27N5O4S/c1-25-12-11-21(34-25)19-14-29(15-20(19)25)24(31)23-27-22(13-16-5-3-2-4-6-16)30(28-23)17-7-9-18(10-8-17)35(26,32)33/h2-10,19-21H,11-15H2,1H3,(H2,26,32,33)/t19?,20?,21-,25+/m1/s1. The van der Waals surface area contributed by atoms with Crippen molar-refractivity contribution in [2.24, 2.45) is 17.0 Å². The van der Waals surface area contributed by atoms with Gasteiger partial charge in [0.15, 0.2) is 0 Å². The molecule has 2 unspecified atom stereocenters. The van der Waals surface area contributed by atoms with Gasteiger partial charge in [-0.05, 0) is 49.6 Å². The fourth-order valence-corrected chi connectivity index (χ4v) is 6.45. The van der Waals surface area contributed by atoms with Crippen LogP contribution in [0, 0.1) is 11.8 Å². The summed E-state index contributed by atoms with van der Waals surface area (Å²) in [7, 11) is -3.81. The number of amides is 1. The number of ether oxygens (including phenoxy) is 1. The summed E-state index contributed by atoms with van der Waals surface area (Å²) in [6.45, 7) is 3.49. The van der Waals surface area contributed by atoms with Gasteiger partial charge in [-0.3, -0.25) is 4.79 Å². The molecule has 35 heavy (non-hydrogen) atoms. The lowest BCUT2D eigenvalue weighted by atomic mass is 9.75. The Balaban J connectivity index is 1.32. The molecule has 3 fully saturated rings. The molecule has 4 atom stereocenters. The van der Waals surface area contributed by atoms with Crippen LogP contribution in [0.4, 0.5) is 0 Å². The number of primary sulfonamides is 1. The van der Waals surface area contributed by atoms with Crippen LogP contribution in [0.5, 0.6) is 0 Å². The van der Waals surface area contributed by atoms with Crippen molar-refractivity contribution in [3.63, 3.8) is 0 Å². The maximum Gasteiger partial charge on any atom is 0.293 e. The first-order chi connectivity index (χ1) is 16.7. The number of carbonyl (C=O) groups excluding carboxylic acids is 1. The van der Waals surface area contributed by atoms with Crippen LogP contribution in [0.25, 0.3) is 5.69 Å². The van der Waals surface area contributed by atoms with Gasteiger partial charge in [0, 0.05) is 31.3 Å². The minimum Gasteiger partial charge on any atom is -0.371 e. The van der Waals surface area contributed by atoms with Gasteiger partial charge in [-0.1, -0.05) is 30.3 Å². The van der Waals surface area contributed by atoms with Crippen LogP contribution in [0.3, 0.4) is 0 Å². The number of rotatable bonds is 5. The smallest absolute Gasteiger partial charge is 0.293 e. The van der Waals surface area contributed by atoms with Crippen LogP contribution in [0.2, 0.25) is 0 Å². The molecule has 0 radical (unpaired) electrons. The SMILES string of the molecule is C[C@@]12CC[C@@H](O1)C1CN(C(=O)c3nc(Cc4ccccc4)n(-c4ccc(S(N)(=O)=O)cc4)n3)CC12. The minimum atomic E-state index is -3.81. The van der Waals surface area contributed by atoms with Gasteiger partial charge >= 0.3 is 0 Å². The Bertz CT molecular complexity index is 1390. The molecule has 4 heterocycles. The van der Waals surface area contributed by atoms with Gasteiger partial charge in [-0.2, -0.15) is 0 Å². The fourth-order valence-electron chi connectivity index (χ4n) is 5.94. The van der Waals surface area contributed by atoms with E-state index in [2.05, 4.69) is 17.0 Å². The largest absolute Gasteiger partial charge is 0.371 e. The molecule has 1 aromatic heterocycles. The monoisotopic (exact) mass is 493 g/mol. The third kappa shape index (κ3) is 3.85. The van der Waals surface area contributed by atoms with Gasteiger partial charge in [0.05, 0.1) is 22.3 Å². The summed E-state index contributed by atoms with van der Waals surface area (Å²) in [6.07, 6.45) is 2.81. The minimum absolute atomic E-state index is 0.0104. The van der Waals surface area contributed by atoms with E-state index in [0.29, 0.717) is 42.9 Å². The summed E-state index contributed by atoms with van der Waals surface area (Å²) < 4.78 is 31.2. The average molecular weight is 494 g/mol. The highest BCUT2D eigenvalue weighted by atomic mass is 32.2. The third-order valence-corrected chi connectivity index (χ3v) is 8.67. The first-order valence-electron chi connectivity index (χ1n) is 11.8. The van der Waals surface area contributed by atoms with E-state index in [4.69, 9.17) is 9.88 Å². The van der Waals surface area contributed by atoms with Crippen molar-refractivity contribution in [3.05, 3.63) is 71.8 Å². The molecule has 6 rings (SSSR count). The van der Waals surface area contributed by atoms with E-state index < -0.39 is 10.0 Å². The van der Waals surface area contributed by atoms with Gasteiger partial charge in [0.25, 0.3) is 5.91 Å². The second-order valence-corrected chi connectivity index (χ2v) is 11.5. The van der Waals surface area contributed by atoms with Crippen molar-refractivity contribution in [2.75, 3.05) is 13.1 Å². The predicted molar refractivity (Wildman–Crippen MR) is 127 cm³/mol. The molecule has 3 aliphatic rings. The zero-order chi connectivity index (χ0) is 24.4. The number of benzene rings is 2. The molecular formula is C25H27N5O4S. The molecule has 3 saturated heterocycles. The second kappa shape index (κ2) is 7.97. The van der Waals surface area contributed by atoms with E-state index in [1.807, 2.05) is 35.2 Å². The fraction of sp³-hybridized carbons (Fsp3) is 0.400. The van der Waals surface area contributed by atoms with Gasteiger partial charge in [0.1, 0.15) is 5.82 Å². The van der Waals surface area contributed by atoms with E-state index >= 15 is 0 Å². The van der Waals surface area contributed by atoms with Gasteiger partial charge in [-0.15, -0.1) is 5.10 Å². The van der Waals surface area contributed by atoms with Crippen molar-refractivity contribution >= 4 is 15.9 Å². The lowest BCUT2D eigenvalue weighted by Gasteiger charge is -2.28. The maximum absolute atomic E-state index is 13.5. The van der Waals surface area contributed by atoms with Crippen LogP contribution in [0.15, 0.2) is 59.5 Å². The normalized spacial score (nSPS) is 27.4. The zero-order valence-corrected chi connectivity index (χ0v) is 20.2. The quantitative estimate of drug-likeness (QED) is 0.581. The van der Waals surface area contributed by atoms with Crippen molar-refractivity contribution in [1.82, 2.24) is 19.7 Å². The molecule has 0 aliphatic carbocycles. The Labute approximate surface area is 204 Å². The molecule has 9 nitrogen and oxygen atoms in total. The van der Waals surface area contributed by atoms with Crippen LogP contribution in [-0.4, -0.2) is 58.8 Å². The van der Waals surface area contributed by atoms with Gasteiger partial charge < -0.3 is 9.64 Å². The van der Waals surface area contributed by atoms with Crippen LogP contribution >= 0.6 is 0 Å². The number of aromatic nitrogens is 3. The highest BCUT2D eigenvalue weighted by molar-refractivity contribution is 7.89. The van der Waals surface area contributed by atoms with E-state index in [1.54, 1.807) is 16.8 Å². The van der Waals surface area contributed by atoms with Crippen molar-refractivity contribution in [1.29, 1.82) is 0 Å². The topological polar surface area (TPSA) is 120 Å². The Morgan fingerprint density at radius 3 is 2.57 bits per heavy atom. The van der Waals surface area contributed by atoms with Crippen LogP contribution in [0.1, 0.15) is 41.8 Å². The lowest BCUT2D eigenvalue weighted by molar-refractivity contribution is -0.00225. The lowest BCUT2D eigenvalue weighted by Crippen LogP contribution is -2.36. The predicted octanol–water partition coefficient (Wildman–Crippen LogP) is 2.15. The Hall–Kier alpha value is -3.08. The number of sulfonamides is 1. The molecule has 2 bridgehead atoms. The van der Waals surface area contributed by atoms with E-state index in [9.17, 15) is 13.2 Å². The number of likely N-dealkylation sites (tertiary alicyclic amines) is 1. The van der Waals surface area contributed by atoms with Crippen molar-refractivity contribution in [3.8, 4) is 5.69 Å². The van der Waals surface area contributed by atoms with Crippen molar-refractivity contribution in [2.45, 2.75) is 42.8 Å². The third-order valence-electron chi connectivity index (χ3n) is 7.74. The number of fused-ring (bicyclic) bond motifs is 5. The highest BCUT2D eigenvalue weighted by Gasteiger charge is 2.60. The summed E-state index contributed by atoms with van der Waals surface area (Å²) >= 11 is 0. The summed E-state index contributed by atoms with van der Waals surface area (Å²) in [4.78, 5) is 20.0. The number of hydrogen-bond donors (Lipinski definition) is 1. The second-order valence-electron chi connectivity index (χ2n) is 9.95. The summed E-state index contributed by atoms with van der Waals surface area (Å²) in [5.41, 5.74) is 1.49. The molecule has 2 aromatic carbocycles.